The van der Waals surface area contributed by atoms with Gasteiger partial charge in [-0.1, -0.05) is 6.07 Å². The van der Waals surface area contributed by atoms with Gasteiger partial charge in [-0.2, -0.15) is 0 Å². The van der Waals surface area contributed by atoms with Crippen molar-refractivity contribution in [3.8, 4) is 0 Å². The van der Waals surface area contributed by atoms with Gasteiger partial charge in [0.2, 0.25) is 0 Å². The molecule has 0 aromatic carbocycles. The Bertz CT molecular complexity index is 413. The summed E-state index contributed by atoms with van der Waals surface area (Å²) >= 11 is 0. The number of rotatable bonds is 2. The molecular formula is C10H10N4. The monoisotopic (exact) mass is 186 g/mol. The van der Waals surface area contributed by atoms with Gasteiger partial charge in [0.1, 0.15) is 5.82 Å². The van der Waals surface area contributed by atoms with E-state index in [1.54, 1.807) is 24.7 Å². The molecule has 0 aliphatic rings. The second-order valence-electron chi connectivity index (χ2n) is 2.80. The fraction of sp³-hybridized carbons (Fsp3) is 0. The Morgan fingerprint density at radius 3 is 2.79 bits per heavy atom. The van der Waals surface area contributed by atoms with E-state index < -0.39 is 0 Å². The number of aromatic nitrogens is 2. The zero-order valence-electron chi connectivity index (χ0n) is 7.51. The zero-order valence-corrected chi connectivity index (χ0v) is 7.51. The quantitative estimate of drug-likeness (QED) is 0.750. The maximum atomic E-state index is 5.74. The molecule has 0 saturated carbocycles. The number of hydrogen-bond acceptors (Lipinski definition) is 4. The highest BCUT2D eigenvalue weighted by Crippen LogP contribution is 2.19. The first-order valence-corrected chi connectivity index (χ1v) is 4.24. The molecule has 14 heavy (non-hydrogen) atoms. The van der Waals surface area contributed by atoms with Gasteiger partial charge in [0.25, 0.3) is 0 Å². The van der Waals surface area contributed by atoms with Gasteiger partial charge in [-0.05, 0) is 18.2 Å². The predicted octanol–water partition coefficient (Wildman–Crippen LogP) is 1.80. The average molecular weight is 186 g/mol. The predicted molar refractivity (Wildman–Crippen MR) is 56.2 cm³/mol. The van der Waals surface area contributed by atoms with Gasteiger partial charge in [-0.15, -0.1) is 0 Å². The Morgan fingerprint density at radius 2 is 2.07 bits per heavy atom. The molecule has 4 nitrogen and oxygen atoms in total. The largest absolute Gasteiger partial charge is 0.397 e. The van der Waals surface area contributed by atoms with E-state index in [4.69, 9.17) is 5.73 Å². The standard InChI is InChI=1S/C10H10N4/c11-8-4-6-12-7-9(8)14-10-3-1-2-5-13-10/h1-7H,(H2,11,12)(H,13,14). The molecule has 4 heteroatoms. The molecule has 0 amide bonds. The molecule has 70 valence electrons. The number of hydrogen-bond donors (Lipinski definition) is 2. The van der Waals surface area contributed by atoms with E-state index in [9.17, 15) is 0 Å². The van der Waals surface area contributed by atoms with Crippen LogP contribution in [0.1, 0.15) is 0 Å². The molecule has 0 bridgehead atoms. The Hall–Kier alpha value is -2.10. The Balaban J connectivity index is 2.24. The van der Waals surface area contributed by atoms with E-state index in [-0.39, 0.29) is 0 Å². The first-order chi connectivity index (χ1) is 6.86. The van der Waals surface area contributed by atoms with Crippen LogP contribution in [0.5, 0.6) is 0 Å². The van der Waals surface area contributed by atoms with Gasteiger partial charge >= 0.3 is 0 Å². The van der Waals surface area contributed by atoms with Gasteiger partial charge in [0, 0.05) is 12.4 Å². The fourth-order valence-electron chi connectivity index (χ4n) is 1.08. The molecule has 2 rings (SSSR count). The highest BCUT2D eigenvalue weighted by molar-refractivity contribution is 5.69. The van der Waals surface area contributed by atoms with Crippen molar-refractivity contribution in [3.63, 3.8) is 0 Å². The van der Waals surface area contributed by atoms with Crippen molar-refractivity contribution < 1.29 is 0 Å². The summed E-state index contributed by atoms with van der Waals surface area (Å²) in [6.45, 7) is 0. The van der Waals surface area contributed by atoms with E-state index in [0.29, 0.717) is 5.69 Å². The van der Waals surface area contributed by atoms with Gasteiger partial charge in [0.05, 0.1) is 17.6 Å². The minimum atomic E-state index is 0.658. The molecule has 2 aromatic heterocycles. The van der Waals surface area contributed by atoms with E-state index in [1.165, 1.54) is 0 Å². The SMILES string of the molecule is Nc1ccncc1Nc1ccccn1. The van der Waals surface area contributed by atoms with Crippen LogP contribution in [0.2, 0.25) is 0 Å². The molecule has 0 aliphatic carbocycles. The lowest BCUT2D eigenvalue weighted by molar-refractivity contribution is 1.28. The van der Waals surface area contributed by atoms with E-state index in [1.807, 2.05) is 18.2 Å². The molecular weight excluding hydrogens is 176 g/mol. The number of pyridine rings is 2. The van der Waals surface area contributed by atoms with Crippen LogP contribution >= 0.6 is 0 Å². The highest BCUT2D eigenvalue weighted by atomic mass is 15.0. The third-order valence-corrected chi connectivity index (χ3v) is 1.78. The van der Waals surface area contributed by atoms with Crippen LogP contribution in [0.15, 0.2) is 42.9 Å². The third-order valence-electron chi connectivity index (χ3n) is 1.78. The summed E-state index contributed by atoms with van der Waals surface area (Å²) in [4.78, 5) is 8.09. The maximum Gasteiger partial charge on any atom is 0.130 e. The van der Waals surface area contributed by atoms with Crippen LogP contribution in [-0.2, 0) is 0 Å². The number of nitrogens with two attached hydrogens (primary N) is 1. The molecule has 0 unspecified atom stereocenters. The molecule has 0 fully saturated rings. The van der Waals surface area contributed by atoms with Gasteiger partial charge in [0.15, 0.2) is 0 Å². The van der Waals surface area contributed by atoms with Crippen LogP contribution < -0.4 is 11.1 Å². The Kier molecular flexibility index (Phi) is 2.27. The number of nitrogen functional groups attached to an aromatic ring is 1. The topological polar surface area (TPSA) is 63.8 Å². The van der Waals surface area contributed by atoms with Crippen LogP contribution in [0.4, 0.5) is 17.2 Å². The second-order valence-corrected chi connectivity index (χ2v) is 2.80. The zero-order chi connectivity index (χ0) is 9.80. The highest BCUT2D eigenvalue weighted by Gasteiger charge is 1.98. The lowest BCUT2D eigenvalue weighted by Gasteiger charge is -2.06. The van der Waals surface area contributed by atoms with Crippen molar-refractivity contribution in [2.75, 3.05) is 11.1 Å². The number of nitrogens with one attached hydrogen (secondary N) is 1. The molecule has 2 aromatic rings. The molecule has 3 N–H and O–H groups in total. The lowest BCUT2D eigenvalue weighted by atomic mass is 10.3. The van der Waals surface area contributed by atoms with Crippen LogP contribution in [0.25, 0.3) is 0 Å². The molecule has 0 atom stereocenters. The first kappa shape index (κ1) is 8.50. The second kappa shape index (κ2) is 3.74. The van der Waals surface area contributed by atoms with Crippen molar-refractivity contribution >= 4 is 17.2 Å². The van der Waals surface area contributed by atoms with Crippen molar-refractivity contribution in [1.82, 2.24) is 9.97 Å². The van der Waals surface area contributed by atoms with Crippen LogP contribution in [0.3, 0.4) is 0 Å². The van der Waals surface area contributed by atoms with Crippen molar-refractivity contribution in [1.29, 1.82) is 0 Å². The minimum Gasteiger partial charge on any atom is -0.397 e. The number of anilines is 3. The van der Waals surface area contributed by atoms with Gasteiger partial charge in [-0.3, -0.25) is 4.98 Å². The summed E-state index contributed by atoms with van der Waals surface area (Å²) in [6, 6.07) is 7.37. The fourth-order valence-corrected chi connectivity index (χ4v) is 1.08. The van der Waals surface area contributed by atoms with Gasteiger partial charge in [-0.25, -0.2) is 4.98 Å². The summed E-state index contributed by atoms with van der Waals surface area (Å²) < 4.78 is 0. The lowest BCUT2D eigenvalue weighted by Crippen LogP contribution is -1.97. The summed E-state index contributed by atoms with van der Waals surface area (Å²) in [7, 11) is 0. The van der Waals surface area contributed by atoms with Crippen molar-refractivity contribution in [2.45, 2.75) is 0 Å². The normalized spacial score (nSPS) is 9.71. The van der Waals surface area contributed by atoms with Crippen molar-refractivity contribution in [3.05, 3.63) is 42.9 Å². The third kappa shape index (κ3) is 1.80. The summed E-state index contributed by atoms with van der Waals surface area (Å²) in [5.74, 6) is 0.757. The summed E-state index contributed by atoms with van der Waals surface area (Å²) in [5, 5.41) is 3.07. The average Bonchev–Trinajstić information content (AvgIpc) is 2.23. The van der Waals surface area contributed by atoms with Crippen LogP contribution in [-0.4, -0.2) is 9.97 Å². The molecule has 0 aliphatic heterocycles. The Labute approximate surface area is 81.8 Å². The molecule has 0 spiro atoms. The van der Waals surface area contributed by atoms with E-state index in [0.717, 1.165) is 11.5 Å². The molecule has 0 saturated heterocycles. The van der Waals surface area contributed by atoms with Gasteiger partial charge < -0.3 is 11.1 Å². The maximum absolute atomic E-state index is 5.74. The molecule has 0 radical (unpaired) electrons. The smallest absolute Gasteiger partial charge is 0.130 e. The van der Waals surface area contributed by atoms with Crippen molar-refractivity contribution in [2.24, 2.45) is 0 Å². The Morgan fingerprint density at radius 1 is 1.14 bits per heavy atom. The summed E-state index contributed by atoms with van der Waals surface area (Å²) in [5.41, 5.74) is 7.17. The molecule has 2 heterocycles. The summed E-state index contributed by atoms with van der Waals surface area (Å²) in [6.07, 6.45) is 5.04. The van der Waals surface area contributed by atoms with Crippen LogP contribution in [0, 0.1) is 0 Å². The number of nitrogens with zero attached hydrogens (tertiary/aromatic N) is 2. The van der Waals surface area contributed by atoms with E-state index >= 15 is 0 Å². The van der Waals surface area contributed by atoms with E-state index in [2.05, 4.69) is 15.3 Å². The first-order valence-electron chi connectivity index (χ1n) is 4.24. The minimum absolute atomic E-state index is 0.658.